The lowest BCUT2D eigenvalue weighted by Gasteiger charge is -2.38. The topological polar surface area (TPSA) is 109 Å². The fraction of sp³-hybridized carbons (Fsp3) is 0.478. The van der Waals surface area contributed by atoms with Gasteiger partial charge in [-0.15, -0.1) is 14.8 Å². The number of benzene rings is 1. The number of amides is 2. The number of nitrogens with zero attached hydrogens (tertiary/aromatic N) is 7. The molecular formula is C23H26N8O2. The van der Waals surface area contributed by atoms with Crippen molar-refractivity contribution in [3.8, 4) is 0 Å². The molecule has 170 valence electrons. The Balaban J connectivity index is 1.04. The van der Waals surface area contributed by atoms with E-state index in [0.29, 0.717) is 5.65 Å². The number of nitrogens with one attached hydrogen (secondary N) is 1. The third kappa shape index (κ3) is 3.59. The monoisotopic (exact) mass is 446 g/mol. The molecular weight excluding hydrogens is 420 g/mol. The SMILES string of the molecule is O=C1Nc2ccccc2C1C1CCN(C(=O)C2CCN(c3ccc4nnnn4n3)CC2)CC1. The van der Waals surface area contributed by atoms with Gasteiger partial charge in [0.25, 0.3) is 0 Å². The zero-order valence-corrected chi connectivity index (χ0v) is 18.3. The second-order valence-electron chi connectivity index (χ2n) is 9.20. The average Bonchev–Trinajstić information content (AvgIpc) is 3.46. The molecule has 1 aromatic carbocycles. The Kier molecular flexibility index (Phi) is 4.92. The number of anilines is 2. The molecule has 0 radical (unpaired) electrons. The molecule has 33 heavy (non-hydrogen) atoms. The van der Waals surface area contributed by atoms with Gasteiger partial charge in [-0.1, -0.05) is 18.2 Å². The minimum atomic E-state index is -0.0910. The summed E-state index contributed by atoms with van der Waals surface area (Å²) < 4.78 is 1.43. The summed E-state index contributed by atoms with van der Waals surface area (Å²) in [6.07, 6.45) is 3.36. The maximum absolute atomic E-state index is 13.2. The maximum atomic E-state index is 13.2. The number of fused-ring (bicyclic) bond motifs is 2. The van der Waals surface area contributed by atoms with E-state index >= 15 is 0 Å². The number of carbonyl (C=O) groups is 2. The van der Waals surface area contributed by atoms with E-state index in [2.05, 4.69) is 36.9 Å². The third-order valence-electron chi connectivity index (χ3n) is 7.38. The predicted molar refractivity (Wildman–Crippen MR) is 121 cm³/mol. The van der Waals surface area contributed by atoms with Crippen molar-refractivity contribution in [2.24, 2.45) is 11.8 Å². The highest BCUT2D eigenvalue weighted by Crippen LogP contribution is 2.41. The summed E-state index contributed by atoms with van der Waals surface area (Å²) in [6.45, 7) is 3.03. The lowest BCUT2D eigenvalue weighted by atomic mass is 9.80. The molecule has 0 spiro atoms. The van der Waals surface area contributed by atoms with E-state index in [1.807, 2.05) is 35.2 Å². The molecule has 5 heterocycles. The molecule has 3 aliphatic heterocycles. The number of para-hydroxylation sites is 1. The standard InChI is InChI=1S/C23H26N8O2/c32-22-21(17-3-1-2-4-18(17)24-22)15-7-13-30(14-8-15)23(33)16-9-11-29(12-10-16)20-6-5-19-25-27-28-31(19)26-20/h1-6,15-16,21H,7-14H2,(H,24,32). The van der Waals surface area contributed by atoms with Crippen LogP contribution in [-0.2, 0) is 9.59 Å². The van der Waals surface area contributed by atoms with Crippen molar-refractivity contribution in [2.75, 3.05) is 36.4 Å². The van der Waals surface area contributed by atoms with E-state index in [1.54, 1.807) is 0 Å². The van der Waals surface area contributed by atoms with Gasteiger partial charge in [-0.3, -0.25) is 9.59 Å². The van der Waals surface area contributed by atoms with Crippen molar-refractivity contribution in [1.29, 1.82) is 0 Å². The van der Waals surface area contributed by atoms with Crippen LogP contribution in [0.2, 0.25) is 0 Å². The summed E-state index contributed by atoms with van der Waals surface area (Å²) in [4.78, 5) is 30.0. The Hall–Kier alpha value is -3.56. The number of piperidine rings is 2. The summed E-state index contributed by atoms with van der Waals surface area (Å²) in [5, 5.41) is 18.9. The minimum absolute atomic E-state index is 0.0464. The van der Waals surface area contributed by atoms with Gasteiger partial charge in [0, 0.05) is 37.8 Å². The molecule has 1 unspecified atom stereocenters. The number of rotatable bonds is 3. The van der Waals surface area contributed by atoms with E-state index < -0.39 is 0 Å². The highest BCUT2D eigenvalue weighted by Gasteiger charge is 2.39. The highest BCUT2D eigenvalue weighted by molar-refractivity contribution is 6.03. The Morgan fingerprint density at radius 3 is 2.58 bits per heavy atom. The van der Waals surface area contributed by atoms with E-state index in [-0.39, 0.29) is 29.6 Å². The van der Waals surface area contributed by atoms with Crippen LogP contribution >= 0.6 is 0 Å². The van der Waals surface area contributed by atoms with Crippen molar-refractivity contribution in [3.63, 3.8) is 0 Å². The van der Waals surface area contributed by atoms with Crippen LogP contribution in [0.15, 0.2) is 36.4 Å². The van der Waals surface area contributed by atoms with Gasteiger partial charge >= 0.3 is 0 Å². The molecule has 2 amide bonds. The number of aromatic nitrogens is 5. The van der Waals surface area contributed by atoms with Gasteiger partial charge in [-0.05, 0) is 65.8 Å². The lowest BCUT2D eigenvalue weighted by Crippen LogP contribution is -2.46. The second-order valence-corrected chi connectivity index (χ2v) is 9.20. The molecule has 2 fully saturated rings. The first kappa shape index (κ1) is 20.1. The first-order valence-electron chi connectivity index (χ1n) is 11.7. The number of tetrazole rings is 1. The Labute approximate surface area is 190 Å². The normalized spacial score (nSPS) is 21.9. The molecule has 3 aromatic rings. The van der Waals surface area contributed by atoms with Crippen molar-refractivity contribution in [1.82, 2.24) is 30.2 Å². The third-order valence-corrected chi connectivity index (χ3v) is 7.38. The molecule has 1 N–H and O–H groups in total. The molecule has 3 aliphatic rings. The number of likely N-dealkylation sites (tertiary alicyclic amines) is 1. The summed E-state index contributed by atoms with van der Waals surface area (Å²) in [5.41, 5.74) is 2.66. The van der Waals surface area contributed by atoms with Crippen LogP contribution in [-0.4, -0.2) is 68.1 Å². The summed E-state index contributed by atoms with van der Waals surface area (Å²) >= 11 is 0. The van der Waals surface area contributed by atoms with Crippen molar-refractivity contribution < 1.29 is 9.59 Å². The zero-order chi connectivity index (χ0) is 22.4. The van der Waals surface area contributed by atoms with Crippen LogP contribution in [0, 0.1) is 11.8 Å². The van der Waals surface area contributed by atoms with Gasteiger partial charge in [-0.2, -0.15) is 0 Å². The Bertz CT molecular complexity index is 1190. The van der Waals surface area contributed by atoms with E-state index in [1.165, 1.54) is 4.63 Å². The van der Waals surface area contributed by atoms with Crippen LogP contribution in [0.1, 0.15) is 37.2 Å². The van der Waals surface area contributed by atoms with E-state index in [4.69, 9.17) is 0 Å². The van der Waals surface area contributed by atoms with Gasteiger partial charge in [0.1, 0.15) is 0 Å². The van der Waals surface area contributed by atoms with Crippen LogP contribution in [0.3, 0.4) is 0 Å². The van der Waals surface area contributed by atoms with Crippen molar-refractivity contribution in [2.45, 2.75) is 31.6 Å². The molecule has 2 aromatic heterocycles. The zero-order valence-electron chi connectivity index (χ0n) is 18.3. The van der Waals surface area contributed by atoms with Crippen LogP contribution in [0.5, 0.6) is 0 Å². The largest absolute Gasteiger partial charge is 0.355 e. The summed E-state index contributed by atoms with van der Waals surface area (Å²) in [7, 11) is 0. The summed E-state index contributed by atoms with van der Waals surface area (Å²) in [5.74, 6) is 1.43. The van der Waals surface area contributed by atoms with Crippen LogP contribution in [0.25, 0.3) is 5.65 Å². The molecule has 2 saturated heterocycles. The highest BCUT2D eigenvalue weighted by atomic mass is 16.2. The lowest BCUT2D eigenvalue weighted by molar-refractivity contribution is -0.137. The predicted octanol–water partition coefficient (Wildman–Crippen LogP) is 1.71. The average molecular weight is 447 g/mol. The van der Waals surface area contributed by atoms with Crippen LogP contribution < -0.4 is 10.2 Å². The number of carbonyl (C=O) groups excluding carboxylic acids is 2. The molecule has 10 heteroatoms. The molecule has 6 rings (SSSR count). The molecule has 0 saturated carbocycles. The molecule has 0 aliphatic carbocycles. The number of hydrogen-bond donors (Lipinski definition) is 1. The van der Waals surface area contributed by atoms with Crippen molar-refractivity contribution >= 4 is 29.0 Å². The molecule has 0 bridgehead atoms. The van der Waals surface area contributed by atoms with E-state index in [9.17, 15) is 9.59 Å². The van der Waals surface area contributed by atoms with E-state index in [0.717, 1.165) is 68.9 Å². The van der Waals surface area contributed by atoms with Gasteiger partial charge in [0.2, 0.25) is 11.8 Å². The first-order valence-corrected chi connectivity index (χ1v) is 11.7. The van der Waals surface area contributed by atoms with Gasteiger partial charge in [0.15, 0.2) is 11.5 Å². The smallest absolute Gasteiger partial charge is 0.232 e. The van der Waals surface area contributed by atoms with Gasteiger partial charge < -0.3 is 15.1 Å². The fourth-order valence-corrected chi connectivity index (χ4v) is 5.58. The quantitative estimate of drug-likeness (QED) is 0.652. The maximum Gasteiger partial charge on any atom is 0.232 e. The first-order chi connectivity index (χ1) is 16.2. The second kappa shape index (κ2) is 8.09. The molecule has 1 atom stereocenters. The van der Waals surface area contributed by atoms with Gasteiger partial charge in [0.05, 0.1) is 5.92 Å². The Morgan fingerprint density at radius 2 is 1.76 bits per heavy atom. The Morgan fingerprint density at radius 1 is 0.970 bits per heavy atom. The number of hydrogen-bond acceptors (Lipinski definition) is 7. The molecule has 10 nitrogen and oxygen atoms in total. The fourth-order valence-electron chi connectivity index (χ4n) is 5.58. The summed E-state index contributed by atoms with van der Waals surface area (Å²) in [6, 6.07) is 11.7. The minimum Gasteiger partial charge on any atom is -0.355 e. The van der Waals surface area contributed by atoms with Crippen molar-refractivity contribution in [3.05, 3.63) is 42.0 Å². The van der Waals surface area contributed by atoms with Gasteiger partial charge in [-0.25, -0.2) is 0 Å². The van der Waals surface area contributed by atoms with Crippen LogP contribution in [0.4, 0.5) is 11.5 Å².